The van der Waals surface area contributed by atoms with E-state index in [-0.39, 0.29) is 48.0 Å². The lowest BCUT2D eigenvalue weighted by molar-refractivity contribution is -0.125. The Morgan fingerprint density at radius 2 is 1.76 bits per heavy atom. The summed E-state index contributed by atoms with van der Waals surface area (Å²) in [6.45, 7) is 13.7. The number of hydrogen-bond donors (Lipinski definition) is 2. The molecular formula is C29H39ClF2N4O4S. The third-order valence-electron chi connectivity index (χ3n) is 6.18. The van der Waals surface area contributed by atoms with Crippen molar-refractivity contribution in [2.75, 3.05) is 49.6 Å². The molecule has 0 aliphatic carbocycles. The number of morpholine rings is 1. The van der Waals surface area contributed by atoms with Crippen LogP contribution in [-0.2, 0) is 14.3 Å². The van der Waals surface area contributed by atoms with Crippen LogP contribution in [0.4, 0.5) is 20.2 Å². The molecule has 41 heavy (non-hydrogen) atoms. The van der Waals surface area contributed by atoms with Crippen molar-refractivity contribution in [2.45, 2.75) is 54.0 Å². The van der Waals surface area contributed by atoms with Crippen molar-refractivity contribution in [2.24, 2.45) is 10.8 Å². The summed E-state index contributed by atoms with van der Waals surface area (Å²) in [6.07, 6.45) is -2.90. The number of ether oxygens (including phenoxy) is 1. The van der Waals surface area contributed by atoms with Crippen molar-refractivity contribution < 1.29 is 27.9 Å². The Kier molecular flexibility index (Phi) is 10.9. The van der Waals surface area contributed by atoms with Crippen molar-refractivity contribution in [1.29, 1.82) is 0 Å². The monoisotopic (exact) mass is 612 g/mol. The van der Waals surface area contributed by atoms with Gasteiger partial charge in [-0.3, -0.25) is 19.3 Å². The topological polar surface area (TPSA) is 91.0 Å². The van der Waals surface area contributed by atoms with E-state index in [9.17, 15) is 23.2 Å². The second kappa shape index (κ2) is 13.6. The van der Waals surface area contributed by atoms with E-state index in [0.717, 1.165) is 11.3 Å². The van der Waals surface area contributed by atoms with Gasteiger partial charge in [-0.2, -0.15) is 0 Å². The molecule has 0 spiro atoms. The molecule has 2 N–H and O–H groups in total. The number of benzene rings is 1. The van der Waals surface area contributed by atoms with Gasteiger partial charge in [-0.05, 0) is 41.2 Å². The van der Waals surface area contributed by atoms with Crippen LogP contribution in [0.3, 0.4) is 0 Å². The van der Waals surface area contributed by atoms with Crippen molar-refractivity contribution in [1.82, 2.24) is 10.2 Å². The quantitative estimate of drug-likeness (QED) is 0.352. The molecule has 0 bridgehead atoms. The molecule has 2 heterocycles. The molecule has 2 aromatic rings. The van der Waals surface area contributed by atoms with Gasteiger partial charge in [0, 0.05) is 43.1 Å². The summed E-state index contributed by atoms with van der Waals surface area (Å²) >= 11 is 7.12. The van der Waals surface area contributed by atoms with Crippen LogP contribution in [0, 0.1) is 10.8 Å². The number of nitrogens with one attached hydrogen (secondary N) is 2. The minimum absolute atomic E-state index is 0.0449. The van der Waals surface area contributed by atoms with Crippen LogP contribution in [0.5, 0.6) is 0 Å². The number of rotatable bonds is 10. The highest BCUT2D eigenvalue weighted by Gasteiger charge is 2.33. The third kappa shape index (κ3) is 9.73. The Hall–Kier alpha value is -2.60. The fourth-order valence-electron chi connectivity index (χ4n) is 4.61. The van der Waals surface area contributed by atoms with Crippen LogP contribution in [0.25, 0.3) is 0 Å². The second-order valence-electron chi connectivity index (χ2n) is 12.5. The molecule has 8 nitrogen and oxygen atoms in total. The molecule has 1 saturated heterocycles. The van der Waals surface area contributed by atoms with Crippen molar-refractivity contribution >= 4 is 52.0 Å². The highest BCUT2D eigenvalue weighted by molar-refractivity contribution is 7.18. The minimum Gasteiger partial charge on any atom is -0.370 e. The molecule has 1 aliphatic heterocycles. The van der Waals surface area contributed by atoms with E-state index in [2.05, 4.69) is 10.6 Å². The summed E-state index contributed by atoms with van der Waals surface area (Å²) in [4.78, 5) is 42.7. The van der Waals surface area contributed by atoms with Crippen LogP contribution >= 0.6 is 22.9 Å². The van der Waals surface area contributed by atoms with E-state index in [1.807, 2.05) is 46.4 Å². The normalized spacial score (nSPS) is 15.4. The van der Waals surface area contributed by atoms with Crippen molar-refractivity contribution in [3.63, 3.8) is 0 Å². The van der Waals surface area contributed by atoms with Gasteiger partial charge >= 0.3 is 0 Å². The van der Waals surface area contributed by atoms with Crippen LogP contribution in [0.2, 0.25) is 4.34 Å². The smallest absolute Gasteiger partial charge is 0.265 e. The van der Waals surface area contributed by atoms with Gasteiger partial charge in [0.25, 0.3) is 18.2 Å². The number of nitrogens with zero attached hydrogens (tertiary/aromatic N) is 2. The number of halogens is 3. The van der Waals surface area contributed by atoms with Gasteiger partial charge < -0.3 is 20.3 Å². The fourth-order valence-corrected chi connectivity index (χ4v) is 5.57. The summed E-state index contributed by atoms with van der Waals surface area (Å²) in [5.74, 6) is -1.23. The Balaban J connectivity index is 1.92. The zero-order valence-corrected chi connectivity index (χ0v) is 25.9. The van der Waals surface area contributed by atoms with E-state index in [0.29, 0.717) is 34.6 Å². The fraction of sp³-hybridized carbons (Fsp3) is 0.552. The molecule has 0 radical (unpaired) electrons. The molecule has 1 aromatic heterocycles. The zero-order valence-electron chi connectivity index (χ0n) is 24.4. The van der Waals surface area contributed by atoms with E-state index in [1.165, 1.54) is 23.1 Å². The van der Waals surface area contributed by atoms with Crippen molar-refractivity contribution in [3.05, 3.63) is 45.1 Å². The van der Waals surface area contributed by atoms with Gasteiger partial charge in [0.05, 0.1) is 15.8 Å². The van der Waals surface area contributed by atoms with Gasteiger partial charge in [-0.15, -0.1) is 11.3 Å². The third-order valence-corrected chi connectivity index (χ3v) is 7.41. The number of hydrogen-bond acceptors (Lipinski definition) is 6. The van der Waals surface area contributed by atoms with Gasteiger partial charge in [-0.1, -0.05) is 53.1 Å². The molecular weight excluding hydrogens is 574 g/mol. The first-order valence-corrected chi connectivity index (χ1v) is 14.6. The van der Waals surface area contributed by atoms with Gasteiger partial charge in [0.1, 0.15) is 12.6 Å². The van der Waals surface area contributed by atoms with E-state index < -0.39 is 23.9 Å². The van der Waals surface area contributed by atoms with Crippen LogP contribution < -0.4 is 15.5 Å². The summed E-state index contributed by atoms with van der Waals surface area (Å²) in [5.41, 5.74) is -0.538. The standard InChI is InChI=1S/C29H39ClF2N4O4S/c1-28(2,3)16-35(17-29(4,5)6)21(14-33-27(39)22-9-10-23(30)41-22)26(38)34-20-8-7-18(13-19(20)25(31)32)36-11-12-40-15-24(36)37/h7-10,13,21,25H,11-12,14-17H2,1-6H3,(H,33,39)(H,34,38)/t21-/m0/s1. The summed E-state index contributed by atoms with van der Waals surface area (Å²) in [6, 6.07) is 6.51. The van der Waals surface area contributed by atoms with Crippen LogP contribution in [0.1, 0.15) is 63.2 Å². The molecule has 0 unspecified atom stereocenters. The highest BCUT2D eigenvalue weighted by Crippen LogP contribution is 2.32. The molecule has 12 heteroatoms. The average Bonchev–Trinajstić information content (AvgIpc) is 3.29. The first-order valence-electron chi connectivity index (χ1n) is 13.4. The number of anilines is 2. The number of amides is 3. The average molecular weight is 613 g/mol. The van der Waals surface area contributed by atoms with Crippen molar-refractivity contribution in [3.8, 4) is 0 Å². The second-order valence-corrected chi connectivity index (χ2v) is 14.2. The first kappa shape index (κ1) is 32.9. The zero-order chi connectivity index (χ0) is 30.5. The minimum atomic E-state index is -2.90. The molecule has 3 amide bonds. The number of carbonyl (C=O) groups excluding carboxylic acids is 3. The maximum absolute atomic E-state index is 14.2. The van der Waals surface area contributed by atoms with E-state index >= 15 is 0 Å². The highest BCUT2D eigenvalue weighted by atomic mass is 35.5. The van der Waals surface area contributed by atoms with Gasteiger partial charge in [-0.25, -0.2) is 8.78 Å². The summed E-state index contributed by atoms with van der Waals surface area (Å²) < 4.78 is 34.0. The first-order chi connectivity index (χ1) is 19.0. The lowest BCUT2D eigenvalue weighted by Gasteiger charge is -2.39. The molecule has 0 saturated carbocycles. The molecule has 1 atom stereocenters. The van der Waals surface area contributed by atoms with Crippen LogP contribution in [-0.4, -0.2) is 68.1 Å². The Bertz CT molecular complexity index is 1230. The lowest BCUT2D eigenvalue weighted by atomic mass is 9.90. The molecule has 1 aliphatic rings. The Labute approximate surface area is 249 Å². The predicted molar refractivity (Wildman–Crippen MR) is 159 cm³/mol. The Morgan fingerprint density at radius 1 is 1.10 bits per heavy atom. The summed E-state index contributed by atoms with van der Waals surface area (Å²) in [7, 11) is 0. The molecule has 3 rings (SSSR count). The Morgan fingerprint density at radius 3 is 2.29 bits per heavy atom. The van der Waals surface area contributed by atoms with E-state index in [4.69, 9.17) is 16.3 Å². The van der Waals surface area contributed by atoms with Gasteiger partial charge in [0.15, 0.2) is 0 Å². The van der Waals surface area contributed by atoms with E-state index in [1.54, 1.807) is 12.1 Å². The predicted octanol–water partition coefficient (Wildman–Crippen LogP) is 5.83. The number of thiophene rings is 1. The largest absolute Gasteiger partial charge is 0.370 e. The molecule has 1 fully saturated rings. The maximum atomic E-state index is 14.2. The van der Waals surface area contributed by atoms with Gasteiger partial charge in [0.2, 0.25) is 5.91 Å². The number of alkyl halides is 2. The maximum Gasteiger partial charge on any atom is 0.265 e. The van der Waals surface area contributed by atoms with Crippen LogP contribution in [0.15, 0.2) is 30.3 Å². The molecule has 1 aromatic carbocycles. The molecule has 226 valence electrons. The lowest BCUT2D eigenvalue weighted by Crippen LogP contribution is -2.54. The number of carbonyl (C=O) groups is 3. The summed E-state index contributed by atoms with van der Waals surface area (Å²) in [5, 5.41) is 5.53. The SMILES string of the molecule is CC(C)(C)CN(CC(C)(C)C)[C@@H](CNC(=O)c1ccc(Cl)s1)C(=O)Nc1ccc(N2CCOCC2=O)cc1C(F)F.